The fourth-order valence-electron chi connectivity index (χ4n) is 2.47. The molecule has 1 aliphatic heterocycles. The van der Waals surface area contributed by atoms with Gasteiger partial charge in [-0.3, -0.25) is 10.4 Å². The number of aliphatic hydroxyl groups excluding tert-OH is 1. The van der Waals surface area contributed by atoms with Crippen LogP contribution in [-0.2, 0) is 0 Å². The fourth-order valence-corrected chi connectivity index (χ4v) is 2.47. The Morgan fingerprint density at radius 3 is 2.45 bits per heavy atom. The molecule has 2 N–H and O–H groups in total. The van der Waals surface area contributed by atoms with Gasteiger partial charge in [-0.2, -0.15) is 0 Å². The topological polar surface area (TPSA) is 60.2 Å². The summed E-state index contributed by atoms with van der Waals surface area (Å²) in [6.07, 6.45) is 1.67. The Balaban J connectivity index is 2.04. The third-order valence-electron chi connectivity index (χ3n) is 3.47. The van der Waals surface area contributed by atoms with Crippen molar-refractivity contribution in [1.82, 2.24) is 4.98 Å². The zero-order valence-corrected chi connectivity index (χ0v) is 11.1. The monoisotopic (exact) mass is 265 g/mol. The highest BCUT2D eigenvalue weighted by Crippen LogP contribution is 2.34. The largest absolute Gasteiger partial charge is 0.509 e. The molecule has 20 heavy (non-hydrogen) atoms. The van der Waals surface area contributed by atoms with Crippen LogP contribution in [-0.4, -0.2) is 22.0 Å². The summed E-state index contributed by atoms with van der Waals surface area (Å²) >= 11 is 0. The number of aliphatic hydroxyl groups is 1. The molecule has 1 atom stereocenters. The molecule has 2 heterocycles. The second-order valence-electron chi connectivity index (χ2n) is 4.71. The first-order chi connectivity index (χ1) is 9.70. The van der Waals surface area contributed by atoms with Crippen molar-refractivity contribution >= 4 is 17.1 Å². The minimum absolute atomic E-state index is 0.192. The number of hydrogen-bond acceptors (Lipinski definition) is 3. The van der Waals surface area contributed by atoms with Crippen molar-refractivity contribution in [2.24, 2.45) is 0 Å². The Morgan fingerprint density at radius 2 is 1.80 bits per heavy atom. The maximum absolute atomic E-state index is 10.4. The number of para-hydroxylation sites is 1. The lowest BCUT2D eigenvalue weighted by atomic mass is 10.1. The van der Waals surface area contributed by atoms with Crippen LogP contribution in [0.4, 0.5) is 5.69 Å². The Bertz CT molecular complexity index is 665. The summed E-state index contributed by atoms with van der Waals surface area (Å²) in [7, 11) is 0. The predicted octanol–water partition coefficient (Wildman–Crippen LogP) is 3.24. The zero-order valence-electron chi connectivity index (χ0n) is 11.1. The van der Waals surface area contributed by atoms with Crippen molar-refractivity contribution in [3.05, 3.63) is 66.2 Å². The van der Waals surface area contributed by atoms with Gasteiger partial charge in [-0.1, -0.05) is 24.3 Å². The second-order valence-corrected chi connectivity index (χ2v) is 4.71. The number of aromatic nitrogens is 1. The van der Waals surface area contributed by atoms with E-state index in [0.717, 1.165) is 5.69 Å². The Kier molecular flexibility index (Phi) is 2.99. The third kappa shape index (κ3) is 1.86. The van der Waals surface area contributed by atoms with Crippen LogP contribution >= 0.6 is 0 Å². The number of nitrogens with one attached hydrogen (secondary N) is 1. The normalized spacial score (nSPS) is 18.8. The van der Waals surface area contributed by atoms with E-state index in [4.69, 9.17) is 5.41 Å². The molecule has 1 aliphatic rings. The van der Waals surface area contributed by atoms with Crippen LogP contribution < -0.4 is 4.90 Å². The number of hydrogen-bond donors (Lipinski definition) is 2. The molecule has 100 valence electrons. The van der Waals surface area contributed by atoms with Crippen molar-refractivity contribution in [3.63, 3.8) is 0 Å². The molecule has 1 unspecified atom stereocenters. The van der Waals surface area contributed by atoms with E-state index >= 15 is 0 Å². The number of benzene rings is 1. The summed E-state index contributed by atoms with van der Waals surface area (Å²) < 4.78 is 0. The molecule has 0 amide bonds. The Morgan fingerprint density at radius 1 is 1.10 bits per heavy atom. The van der Waals surface area contributed by atoms with Gasteiger partial charge < -0.3 is 10.0 Å². The SMILES string of the molecule is CC1C(O)=C(c2ccccn2)C(=N)N1c1ccccc1. The molecule has 3 rings (SSSR count). The van der Waals surface area contributed by atoms with E-state index < -0.39 is 0 Å². The van der Waals surface area contributed by atoms with Crippen LogP contribution in [0.2, 0.25) is 0 Å². The van der Waals surface area contributed by atoms with Gasteiger partial charge in [-0.15, -0.1) is 0 Å². The van der Waals surface area contributed by atoms with Crippen LogP contribution in [0.1, 0.15) is 12.6 Å². The minimum atomic E-state index is -0.262. The predicted molar refractivity (Wildman–Crippen MR) is 79.9 cm³/mol. The number of nitrogens with zero attached hydrogens (tertiary/aromatic N) is 2. The third-order valence-corrected chi connectivity index (χ3v) is 3.47. The Labute approximate surface area is 117 Å². The van der Waals surface area contributed by atoms with Crippen molar-refractivity contribution in [2.75, 3.05) is 4.90 Å². The van der Waals surface area contributed by atoms with Gasteiger partial charge in [0.15, 0.2) is 0 Å². The van der Waals surface area contributed by atoms with Gasteiger partial charge in [0.1, 0.15) is 11.6 Å². The summed E-state index contributed by atoms with van der Waals surface area (Å²) in [6.45, 7) is 1.88. The molecule has 0 radical (unpaired) electrons. The molecule has 1 aromatic heterocycles. The molecule has 2 aromatic rings. The maximum Gasteiger partial charge on any atom is 0.138 e. The van der Waals surface area contributed by atoms with E-state index in [-0.39, 0.29) is 17.6 Å². The van der Waals surface area contributed by atoms with E-state index in [1.165, 1.54) is 0 Å². The van der Waals surface area contributed by atoms with Gasteiger partial charge in [0.05, 0.1) is 17.3 Å². The summed E-state index contributed by atoms with van der Waals surface area (Å²) in [6, 6.07) is 14.9. The first-order valence-electron chi connectivity index (χ1n) is 6.48. The molecule has 0 bridgehead atoms. The van der Waals surface area contributed by atoms with Gasteiger partial charge in [-0.25, -0.2) is 0 Å². The number of amidine groups is 1. The van der Waals surface area contributed by atoms with E-state index in [9.17, 15) is 5.11 Å². The second kappa shape index (κ2) is 4.81. The van der Waals surface area contributed by atoms with Crippen molar-refractivity contribution < 1.29 is 5.11 Å². The Hall–Kier alpha value is -2.62. The number of rotatable bonds is 2. The van der Waals surface area contributed by atoms with Gasteiger partial charge in [-0.05, 0) is 31.2 Å². The van der Waals surface area contributed by atoms with Gasteiger partial charge in [0.2, 0.25) is 0 Å². The van der Waals surface area contributed by atoms with Crippen molar-refractivity contribution in [1.29, 1.82) is 5.41 Å². The summed E-state index contributed by atoms with van der Waals surface area (Å²) in [4.78, 5) is 6.04. The average Bonchev–Trinajstić information content (AvgIpc) is 2.71. The molecule has 1 aromatic carbocycles. The molecular weight excluding hydrogens is 250 g/mol. The number of anilines is 1. The number of pyridine rings is 1. The van der Waals surface area contributed by atoms with E-state index in [0.29, 0.717) is 11.3 Å². The summed E-state index contributed by atoms with van der Waals surface area (Å²) in [5.74, 6) is 0.470. The van der Waals surface area contributed by atoms with Crippen LogP contribution in [0, 0.1) is 5.41 Å². The quantitative estimate of drug-likeness (QED) is 0.876. The molecule has 0 spiro atoms. The highest BCUT2D eigenvalue weighted by Gasteiger charge is 2.36. The molecule has 4 heteroatoms. The zero-order chi connectivity index (χ0) is 14.1. The smallest absolute Gasteiger partial charge is 0.138 e. The van der Waals surface area contributed by atoms with Crippen LogP contribution in [0.25, 0.3) is 5.57 Å². The highest BCUT2D eigenvalue weighted by molar-refractivity contribution is 6.31. The van der Waals surface area contributed by atoms with E-state index in [1.54, 1.807) is 17.2 Å². The maximum atomic E-state index is 10.4. The standard InChI is InChI=1S/C16H15N3O/c1-11-15(20)14(13-9-5-6-10-18-13)16(17)19(11)12-7-3-2-4-8-12/h2-11,17,20H,1H3. The van der Waals surface area contributed by atoms with Crippen LogP contribution in [0.5, 0.6) is 0 Å². The lowest BCUT2D eigenvalue weighted by molar-refractivity contribution is 0.384. The van der Waals surface area contributed by atoms with Crippen LogP contribution in [0.3, 0.4) is 0 Å². The fraction of sp³-hybridized carbons (Fsp3) is 0.125. The molecule has 0 saturated heterocycles. The van der Waals surface area contributed by atoms with Gasteiger partial charge in [0.25, 0.3) is 0 Å². The van der Waals surface area contributed by atoms with Crippen LogP contribution in [0.15, 0.2) is 60.5 Å². The van der Waals surface area contributed by atoms with E-state index in [1.807, 2.05) is 49.4 Å². The van der Waals surface area contributed by atoms with Crippen molar-refractivity contribution in [2.45, 2.75) is 13.0 Å². The lowest BCUT2D eigenvalue weighted by Gasteiger charge is -2.24. The summed E-state index contributed by atoms with van der Waals surface area (Å²) in [5, 5.41) is 18.7. The van der Waals surface area contributed by atoms with Gasteiger partial charge >= 0.3 is 0 Å². The molecule has 0 aliphatic carbocycles. The summed E-state index contributed by atoms with van der Waals surface area (Å²) in [5.41, 5.74) is 2.02. The average molecular weight is 265 g/mol. The lowest BCUT2D eigenvalue weighted by Crippen LogP contribution is -2.33. The first kappa shape index (κ1) is 12.4. The molecular formula is C16H15N3O. The molecule has 0 saturated carbocycles. The molecule has 0 fully saturated rings. The minimum Gasteiger partial charge on any atom is -0.509 e. The first-order valence-corrected chi connectivity index (χ1v) is 6.48. The van der Waals surface area contributed by atoms with Gasteiger partial charge in [0, 0.05) is 11.9 Å². The molecule has 4 nitrogen and oxygen atoms in total. The van der Waals surface area contributed by atoms with E-state index in [2.05, 4.69) is 4.98 Å². The van der Waals surface area contributed by atoms with Crippen molar-refractivity contribution in [3.8, 4) is 0 Å². The highest BCUT2D eigenvalue weighted by atomic mass is 16.3.